The molecular formula is C24H24N6. The number of anilines is 2. The van der Waals surface area contributed by atoms with E-state index in [1.165, 1.54) is 11.1 Å². The molecule has 30 heavy (non-hydrogen) atoms. The van der Waals surface area contributed by atoms with Gasteiger partial charge >= 0.3 is 0 Å². The van der Waals surface area contributed by atoms with E-state index in [2.05, 4.69) is 22.6 Å². The number of rotatable bonds is 4. The molecule has 0 saturated carbocycles. The number of aromatic nitrogens is 2. The van der Waals surface area contributed by atoms with E-state index in [0.717, 1.165) is 61.2 Å². The van der Waals surface area contributed by atoms with Crippen molar-refractivity contribution < 1.29 is 0 Å². The third kappa shape index (κ3) is 3.13. The molecule has 5 rings (SSSR count). The van der Waals surface area contributed by atoms with Gasteiger partial charge in [0.2, 0.25) is 0 Å². The molecule has 0 bridgehead atoms. The van der Waals surface area contributed by atoms with Crippen LogP contribution in [0.1, 0.15) is 58.8 Å². The quantitative estimate of drug-likeness (QED) is 0.454. The Bertz CT molecular complexity index is 1180. The number of fused-ring (bicyclic) bond motifs is 2. The second kappa shape index (κ2) is 7.34. The number of nitriles is 1. The molecule has 1 unspecified atom stereocenters. The van der Waals surface area contributed by atoms with Gasteiger partial charge in [0.15, 0.2) is 0 Å². The van der Waals surface area contributed by atoms with Gasteiger partial charge in [0.25, 0.3) is 0 Å². The van der Waals surface area contributed by atoms with Crippen molar-refractivity contribution >= 4 is 17.1 Å². The fourth-order valence-corrected chi connectivity index (χ4v) is 4.71. The lowest BCUT2D eigenvalue weighted by Crippen LogP contribution is -2.18. The molecule has 0 saturated heterocycles. The first-order valence-electron chi connectivity index (χ1n) is 10.5. The zero-order valence-electron chi connectivity index (χ0n) is 16.8. The summed E-state index contributed by atoms with van der Waals surface area (Å²) in [5, 5.41) is 26.0. The van der Waals surface area contributed by atoms with Gasteiger partial charge in [0.1, 0.15) is 0 Å². The predicted molar refractivity (Wildman–Crippen MR) is 118 cm³/mol. The maximum Gasteiger partial charge on any atom is 0.0991 e. The largest absolute Gasteiger partial charge is 0.398 e. The molecule has 6 nitrogen and oxygen atoms in total. The van der Waals surface area contributed by atoms with Gasteiger partial charge in [-0.15, -0.1) is 0 Å². The topological polar surface area (TPSA) is 104 Å². The van der Waals surface area contributed by atoms with Crippen LogP contribution in [0, 0.1) is 16.7 Å². The molecule has 3 aromatic rings. The van der Waals surface area contributed by atoms with Crippen LogP contribution in [0.5, 0.6) is 0 Å². The zero-order chi connectivity index (χ0) is 20.7. The Balaban J connectivity index is 1.44. The first kappa shape index (κ1) is 18.4. The highest BCUT2D eigenvalue weighted by atomic mass is 15.3. The molecule has 4 N–H and O–H groups in total. The Morgan fingerprint density at radius 3 is 2.93 bits per heavy atom. The maximum absolute atomic E-state index is 9.18. The molecule has 2 heterocycles. The summed E-state index contributed by atoms with van der Waals surface area (Å²) in [4.78, 5) is 0. The first-order valence-corrected chi connectivity index (χ1v) is 10.5. The third-order valence-electron chi connectivity index (χ3n) is 6.25. The lowest BCUT2D eigenvalue weighted by Gasteiger charge is -2.27. The van der Waals surface area contributed by atoms with Crippen molar-refractivity contribution in [2.24, 2.45) is 0 Å². The summed E-state index contributed by atoms with van der Waals surface area (Å²) in [6, 6.07) is 14.2. The summed E-state index contributed by atoms with van der Waals surface area (Å²) in [6.07, 6.45) is 6.95. The molecule has 2 aromatic carbocycles. The minimum atomic E-state index is 0.188. The predicted octanol–water partition coefficient (Wildman–Crippen LogP) is 4.19. The molecule has 1 atom stereocenters. The summed E-state index contributed by atoms with van der Waals surface area (Å²) < 4.78 is 2.00. The van der Waals surface area contributed by atoms with Crippen LogP contribution in [0.2, 0.25) is 0 Å². The highest BCUT2D eigenvalue weighted by Gasteiger charge is 2.23. The number of hydrogen-bond acceptors (Lipinski definition) is 5. The monoisotopic (exact) mass is 396 g/mol. The lowest BCUT2D eigenvalue weighted by molar-refractivity contribution is 0.600. The second-order valence-corrected chi connectivity index (χ2v) is 8.12. The summed E-state index contributed by atoms with van der Waals surface area (Å²) in [7, 11) is 0. The van der Waals surface area contributed by atoms with E-state index in [9.17, 15) is 5.26 Å². The van der Waals surface area contributed by atoms with Crippen molar-refractivity contribution in [1.29, 1.82) is 10.7 Å². The molecule has 1 aromatic heterocycles. The second-order valence-electron chi connectivity index (χ2n) is 8.12. The third-order valence-corrected chi connectivity index (χ3v) is 6.25. The zero-order valence-corrected chi connectivity index (χ0v) is 16.8. The number of nitrogens with two attached hydrogens (primary N) is 1. The number of hydrogen-bond donors (Lipinski definition) is 3. The molecule has 0 spiro atoms. The fourth-order valence-electron chi connectivity index (χ4n) is 4.71. The maximum atomic E-state index is 9.18. The number of nitrogens with zero attached hydrogens (tertiary/aromatic N) is 3. The Hall–Kier alpha value is -3.59. The van der Waals surface area contributed by atoms with E-state index < -0.39 is 0 Å². The van der Waals surface area contributed by atoms with Gasteiger partial charge in [-0.1, -0.05) is 6.07 Å². The van der Waals surface area contributed by atoms with Crippen LogP contribution in [-0.4, -0.2) is 15.5 Å². The number of aryl methyl sites for hydroxylation is 2. The lowest BCUT2D eigenvalue weighted by atomic mass is 9.86. The number of nitrogen functional groups attached to an aromatic ring is 1. The molecule has 2 aliphatic rings. The van der Waals surface area contributed by atoms with Crippen molar-refractivity contribution in [2.45, 2.75) is 44.7 Å². The van der Waals surface area contributed by atoms with Crippen molar-refractivity contribution in [2.75, 3.05) is 11.1 Å². The fraction of sp³-hybridized carbons (Fsp3) is 0.292. The molecule has 1 aliphatic heterocycles. The van der Waals surface area contributed by atoms with Gasteiger partial charge in [0, 0.05) is 34.7 Å². The summed E-state index contributed by atoms with van der Waals surface area (Å²) in [5.41, 5.74) is 14.2. The molecule has 6 heteroatoms. The standard InChI is InChI=1S/C24H24N6/c25-13-15-6-8-18-16(11-15)3-1-4-22(18)29-17-7-9-21(26)19(12-17)24(27)20-14-28-30-10-2-5-23(20)30/h6-9,11-12,14,22,27,29H,1-5,10,26H2. The van der Waals surface area contributed by atoms with Crippen LogP contribution >= 0.6 is 0 Å². The molecule has 1 aliphatic carbocycles. The average Bonchev–Trinajstić information content (AvgIpc) is 3.38. The van der Waals surface area contributed by atoms with Gasteiger partial charge in [-0.05, 0) is 73.6 Å². The Kier molecular flexibility index (Phi) is 4.51. The number of benzene rings is 2. The van der Waals surface area contributed by atoms with E-state index in [1.807, 2.05) is 35.0 Å². The Morgan fingerprint density at radius 1 is 1.17 bits per heavy atom. The molecule has 0 fully saturated rings. The van der Waals surface area contributed by atoms with Crippen molar-refractivity contribution in [3.8, 4) is 6.07 Å². The van der Waals surface area contributed by atoms with Crippen molar-refractivity contribution in [3.63, 3.8) is 0 Å². The number of nitrogens with one attached hydrogen (secondary N) is 2. The van der Waals surface area contributed by atoms with Crippen LogP contribution < -0.4 is 11.1 Å². The van der Waals surface area contributed by atoms with Crippen LogP contribution in [0.25, 0.3) is 0 Å². The van der Waals surface area contributed by atoms with Crippen LogP contribution in [-0.2, 0) is 19.4 Å². The summed E-state index contributed by atoms with van der Waals surface area (Å²) >= 11 is 0. The normalized spacial score (nSPS) is 17.1. The van der Waals surface area contributed by atoms with E-state index in [-0.39, 0.29) is 6.04 Å². The van der Waals surface area contributed by atoms with Gasteiger partial charge in [-0.2, -0.15) is 10.4 Å². The first-order chi connectivity index (χ1) is 14.6. The van der Waals surface area contributed by atoms with Crippen LogP contribution in [0.15, 0.2) is 42.6 Å². The van der Waals surface area contributed by atoms with Crippen LogP contribution in [0.3, 0.4) is 0 Å². The van der Waals surface area contributed by atoms with Gasteiger partial charge in [-0.3, -0.25) is 10.1 Å². The average molecular weight is 396 g/mol. The van der Waals surface area contributed by atoms with E-state index >= 15 is 0 Å². The smallest absolute Gasteiger partial charge is 0.0991 e. The summed E-state index contributed by atoms with van der Waals surface area (Å²) in [6.45, 7) is 0.925. The molecule has 0 radical (unpaired) electrons. The van der Waals surface area contributed by atoms with Gasteiger partial charge in [-0.25, -0.2) is 0 Å². The SMILES string of the molecule is N#Cc1ccc2c(c1)CCCC2Nc1ccc(N)c(C(=N)c2cnn3c2CCC3)c1. The van der Waals surface area contributed by atoms with Crippen LogP contribution in [0.4, 0.5) is 11.4 Å². The van der Waals surface area contributed by atoms with Gasteiger partial charge < -0.3 is 11.1 Å². The van der Waals surface area contributed by atoms with E-state index in [0.29, 0.717) is 17.0 Å². The molecule has 0 amide bonds. The minimum absolute atomic E-state index is 0.188. The van der Waals surface area contributed by atoms with E-state index in [1.54, 1.807) is 6.20 Å². The highest BCUT2D eigenvalue weighted by Crippen LogP contribution is 2.34. The highest BCUT2D eigenvalue weighted by molar-refractivity contribution is 6.14. The Labute approximate surface area is 175 Å². The minimum Gasteiger partial charge on any atom is -0.398 e. The van der Waals surface area contributed by atoms with Crippen molar-refractivity contribution in [1.82, 2.24) is 9.78 Å². The molecule has 150 valence electrons. The Morgan fingerprint density at radius 2 is 2.07 bits per heavy atom. The van der Waals surface area contributed by atoms with Gasteiger partial charge in [0.05, 0.1) is 29.6 Å². The van der Waals surface area contributed by atoms with Crippen molar-refractivity contribution in [3.05, 3.63) is 76.1 Å². The summed E-state index contributed by atoms with van der Waals surface area (Å²) in [5.74, 6) is 0. The van der Waals surface area contributed by atoms with E-state index in [4.69, 9.17) is 11.1 Å². The molecular weight excluding hydrogens is 372 g/mol.